The predicted octanol–water partition coefficient (Wildman–Crippen LogP) is 2.11. The third-order valence-electron chi connectivity index (χ3n) is 6.16. The Hall–Kier alpha value is -5.62. The fourth-order valence-corrected chi connectivity index (χ4v) is 5.44. The lowest BCUT2D eigenvalue weighted by Gasteiger charge is -2.09. The molecule has 4 aromatic heterocycles. The highest BCUT2D eigenvalue weighted by Gasteiger charge is 2.23. The Balaban J connectivity index is 1.20. The quantitative estimate of drug-likeness (QED) is 0.106. The fourth-order valence-electron chi connectivity index (χ4n) is 4.27. The molecular weight excluding hydrogens is 596 g/mol. The van der Waals surface area contributed by atoms with Crippen molar-refractivity contribution in [3.8, 4) is 17.3 Å². The molecule has 0 unspecified atom stereocenters. The number of benzene rings is 2. The zero-order valence-corrected chi connectivity index (χ0v) is 24.1. The van der Waals surface area contributed by atoms with E-state index in [9.17, 15) is 8.42 Å². The van der Waals surface area contributed by atoms with Crippen LogP contribution in [0.25, 0.3) is 27.8 Å². The number of thiocarbonyl (C=S) groups is 1. The maximum Gasteiger partial charge on any atom is 0.310 e. The number of sulfonamides is 1. The van der Waals surface area contributed by atoms with Gasteiger partial charge >= 0.3 is 11.8 Å². The zero-order valence-electron chi connectivity index (χ0n) is 22.5. The molecule has 6 aromatic rings. The van der Waals surface area contributed by atoms with E-state index in [1.807, 2.05) is 6.07 Å². The number of ether oxygens (including phenoxy) is 2. The van der Waals surface area contributed by atoms with Gasteiger partial charge < -0.3 is 25.5 Å². The summed E-state index contributed by atoms with van der Waals surface area (Å²) in [6.07, 6.45) is 4.38. The van der Waals surface area contributed by atoms with Crippen LogP contribution in [0, 0.1) is 0 Å². The van der Waals surface area contributed by atoms with E-state index in [2.05, 4.69) is 50.4 Å². The van der Waals surface area contributed by atoms with Gasteiger partial charge in [0.25, 0.3) is 22.3 Å². The molecule has 0 saturated heterocycles. The molecule has 0 atom stereocenters. The molecule has 7 N–H and O–H groups in total. The lowest BCUT2D eigenvalue weighted by atomic mass is 10.2. The van der Waals surface area contributed by atoms with Crippen LogP contribution >= 0.6 is 12.2 Å². The second kappa shape index (κ2) is 11.0. The standard InChI is InChI=1S/C25H22N12O4S2/c1-40-17-10-15-16(11-18(17)41-2)31-20-19(15)21(33-22(26)32-20)37-12-29-24(35-37)34-25(42)30-13-4-6-14(7-5-13)43(38,39)36-23-27-8-3-9-28-23/h3-12H,1-2H3,(H6,26,27,28,30,31,32,33,34,35,36,42)/p+1. The number of hydrogen-bond acceptors (Lipinski definition) is 11. The number of hydrogen-bond donors (Lipinski definition) is 6. The number of nitrogen functional groups attached to an aromatic ring is 1. The number of nitrogens with zero attached hydrogens (tertiary/aromatic N) is 6. The Labute approximate surface area is 248 Å². The molecular formula is C25H23N12O4S2+. The lowest BCUT2D eigenvalue weighted by Crippen LogP contribution is -2.34. The molecule has 0 radical (unpaired) electrons. The monoisotopic (exact) mass is 619 g/mol. The summed E-state index contributed by atoms with van der Waals surface area (Å²) >= 11 is 5.42. The van der Waals surface area contributed by atoms with Crippen molar-refractivity contribution in [3.63, 3.8) is 0 Å². The normalized spacial score (nSPS) is 11.4. The highest BCUT2D eigenvalue weighted by molar-refractivity contribution is 7.92. The number of fused-ring (bicyclic) bond motifs is 3. The molecule has 0 fully saturated rings. The van der Waals surface area contributed by atoms with Crippen LogP contribution in [0.1, 0.15) is 0 Å². The summed E-state index contributed by atoms with van der Waals surface area (Å²) in [6, 6.07) is 11.2. The fraction of sp³-hybridized carbons (Fsp3) is 0.0800. The summed E-state index contributed by atoms with van der Waals surface area (Å²) in [5, 5.41) is 10.7. The Morgan fingerprint density at radius 3 is 2.44 bits per heavy atom. The Morgan fingerprint density at radius 1 is 1.00 bits per heavy atom. The molecule has 0 amide bonds. The van der Waals surface area contributed by atoms with Gasteiger partial charge in [-0.15, -0.1) is 4.68 Å². The van der Waals surface area contributed by atoms with Crippen LogP contribution in [0.3, 0.4) is 0 Å². The number of H-pyrrole nitrogens is 2. The van der Waals surface area contributed by atoms with Crippen molar-refractivity contribution in [3.05, 3.63) is 61.2 Å². The summed E-state index contributed by atoms with van der Waals surface area (Å²) in [6.45, 7) is 0. The SMILES string of the molecule is COc1cc2[nH]c3nc(N)nc(-[n+]4cnc(NC(=S)Nc5ccc(S(=O)(=O)Nc6ncccn6)cc5)[nH]4)c3c2cc1OC. The highest BCUT2D eigenvalue weighted by atomic mass is 32.2. The van der Waals surface area contributed by atoms with Crippen molar-refractivity contribution >= 4 is 72.8 Å². The molecule has 43 heavy (non-hydrogen) atoms. The first-order valence-corrected chi connectivity index (χ1v) is 14.3. The summed E-state index contributed by atoms with van der Waals surface area (Å²) < 4.78 is 40.0. The Bertz CT molecular complexity index is 2080. The van der Waals surface area contributed by atoms with Gasteiger partial charge in [-0.2, -0.15) is 10.1 Å². The number of nitrogens with one attached hydrogen (secondary N) is 5. The second-order valence-electron chi connectivity index (χ2n) is 8.86. The van der Waals surface area contributed by atoms with Crippen molar-refractivity contribution in [1.29, 1.82) is 0 Å². The van der Waals surface area contributed by atoms with E-state index in [0.717, 1.165) is 10.9 Å². The third kappa shape index (κ3) is 5.51. The molecule has 2 aromatic carbocycles. The van der Waals surface area contributed by atoms with Gasteiger partial charge in [0.15, 0.2) is 22.3 Å². The first-order valence-electron chi connectivity index (χ1n) is 12.4. The molecule has 18 heteroatoms. The van der Waals surface area contributed by atoms with Crippen LogP contribution in [0.15, 0.2) is 66.1 Å². The van der Waals surface area contributed by atoms with Gasteiger partial charge in [-0.25, -0.2) is 23.1 Å². The number of rotatable bonds is 8. The molecule has 4 heterocycles. The first-order chi connectivity index (χ1) is 20.7. The average molecular weight is 620 g/mol. The van der Waals surface area contributed by atoms with Crippen LogP contribution in [0.5, 0.6) is 11.5 Å². The largest absolute Gasteiger partial charge is 0.493 e. The van der Waals surface area contributed by atoms with Crippen molar-refractivity contribution < 1.29 is 22.6 Å². The van der Waals surface area contributed by atoms with Crippen LogP contribution < -0.4 is 35.2 Å². The predicted molar refractivity (Wildman–Crippen MR) is 162 cm³/mol. The highest BCUT2D eigenvalue weighted by Crippen LogP contribution is 2.36. The van der Waals surface area contributed by atoms with Gasteiger partial charge in [0.05, 0.1) is 24.6 Å². The third-order valence-corrected chi connectivity index (χ3v) is 7.70. The molecule has 6 rings (SSSR count). The van der Waals surface area contributed by atoms with Crippen molar-refractivity contribution in [2.24, 2.45) is 0 Å². The number of aromatic nitrogens is 8. The van der Waals surface area contributed by atoms with Gasteiger partial charge in [-0.3, -0.25) is 5.32 Å². The van der Waals surface area contributed by atoms with Crippen LogP contribution in [0.4, 0.5) is 23.5 Å². The van der Waals surface area contributed by atoms with Crippen molar-refractivity contribution in [2.75, 3.05) is 35.3 Å². The molecule has 16 nitrogen and oxygen atoms in total. The number of nitrogens with two attached hydrogens (primary N) is 1. The average Bonchev–Trinajstić information content (AvgIpc) is 3.60. The maximum atomic E-state index is 12.6. The van der Waals surface area contributed by atoms with Crippen LogP contribution in [-0.4, -0.2) is 62.8 Å². The van der Waals surface area contributed by atoms with E-state index in [4.69, 9.17) is 27.4 Å². The minimum absolute atomic E-state index is 0.0270. The molecule has 0 aliphatic heterocycles. The van der Waals surface area contributed by atoms with E-state index in [-0.39, 0.29) is 21.9 Å². The topological polar surface area (TPSA) is 215 Å². The maximum absolute atomic E-state index is 12.6. The van der Waals surface area contributed by atoms with Crippen molar-refractivity contribution in [1.82, 2.24) is 35.0 Å². The van der Waals surface area contributed by atoms with Gasteiger partial charge in [-0.1, -0.05) is 9.97 Å². The molecule has 0 aliphatic carbocycles. The van der Waals surface area contributed by atoms with E-state index in [1.165, 1.54) is 30.9 Å². The first kappa shape index (κ1) is 27.5. The zero-order chi connectivity index (χ0) is 30.1. The van der Waals surface area contributed by atoms with Crippen LogP contribution in [-0.2, 0) is 10.0 Å². The second-order valence-corrected chi connectivity index (χ2v) is 11.0. The van der Waals surface area contributed by atoms with Crippen LogP contribution in [0.2, 0.25) is 0 Å². The van der Waals surface area contributed by atoms with E-state index < -0.39 is 10.0 Å². The molecule has 0 bridgehead atoms. The van der Waals surface area contributed by atoms with Gasteiger partial charge in [-0.05, 0) is 48.6 Å². The summed E-state index contributed by atoms with van der Waals surface area (Å²) in [5.41, 5.74) is 7.82. The van der Waals surface area contributed by atoms with E-state index in [1.54, 1.807) is 43.2 Å². The van der Waals surface area contributed by atoms with Crippen molar-refractivity contribution in [2.45, 2.75) is 4.90 Å². The summed E-state index contributed by atoms with van der Waals surface area (Å²) in [5.74, 6) is 1.86. The lowest BCUT2D eigenvalue weighted by molar-refractivity contribution is -0.657. The number of methoxy groups -OCH3 is 2. The van der Waals surface area contributed by atoms with Gasteiger partial charge in [0, 0.05) is 29.5 Å². The molecule has 0 spiro atoms. The molecule has 0 saturated carbocycles. The van der Waals surface area contributed by atoms with E-state index in [0.29, 0.717) is 40.0 Å². The summed E-state index contributed by atoms with van der Waals surface area (Å²) in [4.78, 5) is 24.1. The van der Waals surface area contributed by atoms with Gasteiger partial charge in [0.1, 0.15) is 5.39 Å². The Morgan fingerprint density at radius 2 is 1.72 bits per heavy atom. The minimum Gasteiger partial charge on any atom is -0.493 e. The number of aromatic amines is 2. The summed E-state index contributed by atoms with van der Waals surface area (Å²) in [7, 11) is -0.754. The number of anilines is 4. The minimum atomic E-state index is -3.87. The molecule has 0 aliphatic rings. The Kier molecular flexibility index (Phi) is 7.04. The smallest absolute Gasteiger partial charge is 0.310 e. The van der Waals surface area contributed by atoms with Gasteiger partial charge in [0.2, 0.25) is 5.95 Å². The van der Waals surface area contributed by atoms with E-state index >= 15 is 0 Å². The molecule has 218 valence electrons.